The maximum Gasteiger partial charge on any atom is 0.317 e. The van der Waals surface area contributed by atoms with Crippen molar-refractivity contribution >= 4 is 11.9 Å². The van der Waals surface area contributed by atoms with E-state index in [9.17, 15) is 14.7 Å². The first-order valence-corrected chi connectivity index (χ1v) is 10.5. The van der Waals surface area contributed by atoms with E-state index in [1.807, 2.05) is 30.0 Å². The highest BCUT2D eigenvalue weighted by Crippen LogP contribution is 2.33. The molecule has 0 saturated carbocycles. The smallest absolute Gasteiger partial charge is 0.317 e. The molecular weight excluding hydrogens is 372 g/mol. The van der Waals surface area contributed by atoms with Gasteiger partial charge in [0, 0.05) is 58.9 Å². The average molecular weight is 405 g/mol. The monoisotopic (exact) mass is 404 g/mol. The molecule has 3 amide bonds. The fourth-order valence-electron chi connectivity index (χ4n) is 4.34. The minimum Gasteiger partial charge on any atom is -0.387 e. The number of carbonyl (C=O) groups is 2. The Hall–Kier alpha value is -2.19. The van der Waals surface area contributed by atoms with E-state index in [4.69, 9.17) is 4.74 Å². The highest BCUT2D eigenvalue weighted by Gasteiger charge is 2.45. The van der Waals surface area contributed by atoms with Crippen LogP contribution in [0, 0.1) is 5.92 Å². The summed E-state index contributed by atoms with van der Waals surface area (Å²) in [5, 5.41) is 13.4. The molecule has 0 spiro atoms. The number of aromatic nitrogens is 1. The topological polar surface area (TPSA) is 95.0 Å². The number of aliphatic hydroxyl groups is 1. The van der Waals surface area contributed by atoms with Crippen LogP contribution in [0.4, 0.5) is 4.79 Å². The molecule has 2 saturated heterocycles. The number of hydrogen-bond acceptors (Lipinski definition) is 5. The number of nitrogens with one attached hydrogen (secondary N) is 1. The van der Waals surface area contributed by atoms with Gasteiger partial charge in [0.15, 0.2) is 0 Å². The normalized spacial score (nSPS) is 20.9. The van der Waals surface area contributed by atoms with Gasteiger partial charge in [0.05, 0.1) is 11.8 Å². The number of rotatable bonds is 5. The van der Waals surface area contributed by atoms with E-state index < -0.39 is 11.7 Å². The van der Waals surface area contributed by atoms with Crippen molar-refractivity contribution in [2.45, 2.75) is 44.3 Å². The van der Waals surface area contributed by atoms with Gasteiger partial charge in [-0.25, -0.2) is 4.79 Å². The lowest BCUT2D eigenvalue weighted by Gasteiger charge is -2.44. The standard InChI is InChI=1S/C21H32N4O4/c1-3-22-20(28)25-14-9-21(29-2,10-15-25)19(27)24-12-7-16(8-13-24)18(26)17-6-4-5-11-23-17/h4-6,11,16,18,26H,3,7-10,12-15H2,1-2H3,(H,22,28). The van der Waals surface area contributed by atoms with Crippen LogP contribution in [-0.2, 0) is 9.53 Å². The van der Waals surface area contributed by atoms with Crippen LogP contribution in [0.5, 0.6) is 0 Å². The third-order valence-corrected chi connectivity index (χ3v) is 6.23. The number of hydrogen-bond donors (Lipinski definition) is 2. The fourth-order valence-corrected chi connectivity index (χ4v) is 4.34. The highest BCUT2D eigenvalue weighted by molar-refractivity contribution is 5.86. The summed E-state index contributed by atoms with van der Waals surface area (Å²) in [4.78, 5) is 33.1. The molecule has 8 heteroatoms. The summed E-state index contributed by atoms with van der Waals surface area (Å²) >= 11 is 0. The molecule has 2 N–H and O–H groups in total. The Bertz CT molecular complexity index is 683. The molecule has 1 atom stereocenters. The summed E-state index contributed by atoms with van der Waals surface area (Å²) in [5.41, 5.74) is -0.182. The zero-order chi connectivity index (χ0) is 20.9. The van der Waals surface area contributed by atoms with E-state index in [0.717, 1.165) is 12.8 Å². The maximum atomic E-state index is 13.3. The Morgan fingerprint density at radius 3 is 2.48 bits per heavy atom. The number of carbonyl (C=O) groups excluding carboxylic acids is 2. The maximum absolute atomic E-state index is 13.3. The first-order chi connectivity index (χ1) is 14.0. The number of aliphatic hydroxyl groups excluding tert-OH is 1. The van der Waals surface area contributed by atoms with Crippen molar-refractivity contribution in [1.29, 1.82) is 0 Å². The third kappa shape index (κ3) is 4.70. The number of urea groups is 1. The molecule has 0 bridgehead atoms. The Balaban J connectivity index is 1.56. The largest absolute Gasteiger partial charge is 0.387 e. The van der Waals surface area contributed by atoms with Crippen LogP contribution in [0.3, 0.4) is 0 Å². The first kappa shape index (κ1) is 21.5. The van der Waals surface area contributed by atoms with E-state index in [1.54, 1.807) is 18.2 Å². The summed E-state index contributed by atoms with van der Waals surface area (Å²) in [7, 11) is 1.58. The van der Waals surface area contributed by atoms with Crippen molar-refractivity contribution in [3.63, 3.8) is 0 Å². The Morgan fingerprint density at radius 1 is 1.24 bits per heavy atom. The van der Waals surface area contributed by atoms with Crippen LogP contribution in [0.1, 0.15) is 44.4 Å². The molecule has 2 aliphatic heterocycles. The Labute approximate surface area is 172 Å². The molecule has 2 fully saturated rings. The number of nitrogens with zero attached hydrogens (tertiary/aromatic N) is 3. The molecule has 1 unspecified atom stereocenters. The fraction of sp³-hybridized carbons (Fsp3) is 0.667. The first-order valence-electron chi connectivity index (χ1n) is 10.5. The van der Waals surface area contributed by atoms with Gasteiger partial charge in [-0.15, -0.1) is 0 Å². The quantitative estimate of drug-likeness (QED) is 0.777. The molecule has 2 aliphatic rings. The lowest BCUT2D eigenvalue weighted by atomic mass is 9.86. The number of likely N-dealkylation sites (tertiary alicyclic amines) is 2. The SMILES string of the molecule is CCNC(=O)N1CCC(OC)(C(=O)N2CCC(C(O)c3ccccn3)CC2)CC1. The predicted octanol–water partition coefficient (Wildman–Crippen LogP) is 1.56. The Morgan fingerprint density at radius 2 is 1.93 bits per heavy atom. The second-order valence-electron chi connectivity index (χ2n) is 7.85. The summed E-state index contributed by atoms with van der Waals surface area (Å²) < 4.78 is 5.72. The van der Waals surface area contributed by atoms with Crippen LogP contribution in [0.15, 0.2) is 24.4 Å². The zero-order valence-corrected chi connectivity index (χ0v) is 17.3. The van der Waals surface area contributed by atoms with E-state index in [2.05, 4.69) is 10.3 Å². The molecule has 0 radical (unpaired) electrons. The van der Waals surface area contributed by atoms with Crippen LogP contribution < -0.4 is 5.32 Å². The summed E-state index contributed by atoms with van der Waals surface area (Å²) in [5.74, 6) is 0.0911. The summed E-state index contributed by atoms with van der Waals surface area (Å²) in [6, 6.07) is 5.46. The Kier molecular flexibility index (Phi) is 7.08. The molecule has 8 nitrogen and oxygen atoms in total. The number of amides is 3. The van der Waals surface area contributed by atoms with Crippen molar-refractivity contribution in [3.05, 3.63) is 30.1 Å². The zero-order valence-electron chi connectivity index (χ0n) is 17.3. The van der Waals surface area contributed by atoms with Crippen LogP contribution in [-0.4, -0.2) is 77.3 Å². The van der Waals surface area contributed by atoms with Crippen molar-refractivity contribution in [3.8, 4) is 0 Å². The van der Waals surface area contributed by atoms with E-state index in [-0.39, 0.29) is 17.9 Å². The second kappa shape index (κ2) is 9.54. The van der Waals surface area contributed by atoms with Gasteiger partial charge in [-0.2, -0.15) is 0 Å². The van der Waals surface area contributed by atoms with Crippen LogP contribution >= 0.6 is 0 Å². The third-order valence-electron chi connectivity index (χ3n) is 6.23. The van der Waals surface area contributed by atoms with Crippen LogP contribution in [0.25, 0.3) is 0 Å². The van der Waals surface area contributed by atoms with E-state index in [1.165, 1.54) is 0 Å². The van der Waals surface area contributed by atoms with Crippen LogP contribution in [0.2, 0.25) is 0 Å². The molecule has 1 aromatic heterocycles. The molecule has 29 heavy (non-hydrogen) atoms. The van der Waals surface area contributed by atoms with Gasteiger partial charge >= 0.3 is 6.03 Å². The molecule has 1 aromatic rings. The van der Waals surface area contributed by atoms with Gasteiger partial charge in [-0.1, -0.05) is 6.07 Å². The number of methoxy groups -OCH3 is 1. The molecule has 3 heterocycles. The average Bonchev–Trinajstić information content (AvgIpc) is 2.79. The molecule has 160 valence electrons. The number of pyridine rings is 1. The number of ether oxygens (including phenoxy) is 1. The molecule has 0 aromatic carbocycles. The van der Waals surface area contributed by atoms with Gasteiger partial charge in [-0.3, -0.25) is 9.78 Å². The molecule has 3 rings (SSSR count). The van der Waals surface area contributed by atoms with Gasteiger partial charge in [0.25, 0.3) is 5.91 Å². The summed E-state index contributed by atoms with van der Waals surface area (Å²) in [6.07, 6.45) is 3.53. The molecular formula is C21H32N4O4. The number of piperidine rings is 2. The van der Waals surface area contributed by atoms with Crippen molar-refractivity contribution in [1.82, 2.24) is 20.1 Å². The highest BCUT2D eigenvalue weighted by atomic mass is 16.5. The molecule has 0 aliphatic carbocycles. The predicted molar refractivity (Wildman–Crippen MR) is 108 cm³/mol. The van der Waals surface area contributed by atoms with Crippen molar-refractivity contribution in [2.24, 2.45) is 5.92 Å². The van der Waals surface area contributed by atoms with Gasteiger partial charge in [-0.05, 0) is 37.8 Å². The minimum atomic E-state index is -0.866. The van der Waals surface area contributed by atoms with E-state index >= 15 is 0 Å². The van der Waals surface area contributed by atoms with Gasteiger partial charge < -0.3 is 25.0 Å². The lowest BCUT2D eigenvalue weighted by molar-refractivity contribution is -0.162. The second-order valence-corrected chi connectivity index (χ2v) is 7.85. The minimum absolute atomic E-state index is 0.00123. The van der Waals surface area contributed by atoms with Gasteiger partial charge in [0.2, 0.25) is 0 Å². The van der Waals surface area contributed by atoms with Crippen molar-refractivity contribution < 1.29 is 19.4 Å². The van der Waals surface area contributed by atoms with Gasteiger partial charge in [0.1, 0.15) is 5.60 Å². The van der Waals surface area contributed by atoms with E-state index in [0.29, 0.717) is 51.3 Å². The van der Waals surface area contributed by atoms with Crippen molar-refractivity contribution in [2.75, 3.05) is 39.8 Å². The summed E-state index contributed by atoms with van der Waals surface area (Å²) in [6.45, 7) is 4.67. The lowest BCUT2D eigenvalue weighted by Crippen LogP contribution is -2.58.